The minimum Gasteiger partial charge on any atom is -0.457 e. The number of halogens is 1. The van der Waals surface area contributed by atoms with Crippen molar-refractivity contribution in [3.05, 3.63) is 60.2 Å². The van der Waals surface area contributed by atoms with Crippen molar-refractivity contribution in [2.75, 3.05) is 18.4 Å². The van der Waals surface area contributed by atoms with E-state index < -0.39 is 0 Å². The first-order valence-corrected chi connectivity index (χ1v) is 9.31. The number of aromatic nitrogens is 4. The van der Waals surface area contributed by atoms with E-state index in [4.69, 9.17) is 4.74 Å². The number of ether oxygens (including phenoxy) is 1. The first-order chi connectivity index (χ1) is 13.7. The number of rotatable bonds is 5. The van der Waals surface area contributed by atoms with Gasteiger partial charge >= 0.3 is 0 Å². The number of hydrogen-bond donors (Lipinski definition) is 2. The molecular formula is C20H23ClN6O2. The molecular weight excluding hydrogens is 392 g/mol. The van der Waals surface area contributed by atoms with Crippen LogP contribution in [-0.2, 0) is 7.05 Å². The van der Waals surface area contributed by atoms with Crippen LogP contribution in [-0.4, -0.2) is 38.7 Å². The minimum atomic E-state index is -0.356. The summed E-state index contributed by atoms with van der Waals surface area (Å²) in [5.41, 5.74) is 0.250. The zero-order valence-electron chi connectivity index (χ0n) is 16.0. The molecule has 2 aromatic heterocycles. The summed E-state index contributed by atoms with van der Waals surface area (Å²) in [6.45, 7) is 1.92. The number of anilines is 1. The summed E-state index contributed by atoms with van der Waals surface area (Å²) in [7, 11) is 1.77. The molecule has 1 aromatic carbocycles. The second-order valence-corrected chi connectivity index (χ2v) is 6.69. The highest BCUT2D eigenvalue weighted by molar-refractivity contribution is 6.02. The van der Waals surface area contributed by atoms with Gasteiger partial charge in [-0.3, -0.25) is 15.1 Å². The highest BCUT2D eigenvalue weighted by atomic mass is 35.5. The number of para-hydroxylation sites is 1. The predicted octanol–water partition coefficient (Wildman–Crippen LogP) is 3.14. The van der Waals surface area contributed by atoms with Crippen LogP contribution in [0.1, 0.15) is 35.1 Å². The molecule has 1 amide bonds. The number of benzene rings is 1. The fraction of sp³-hybridized carbons (Fsp3) is 0.300. The van der Waals surface area contributed by atoms with E-state index in [0.29, 0.717) is 23.4 Å². The third-order valence-electron chi connectivity index (χ3n) is 4.65. The van der Waals surface area contributed by atoms with Gasteiger partial charge in [0, 0.05) is 25.2 Å². The molecule has 1 saturated heterocycles. The lowest BCUT2D eigenvalue weighted by Crippen LogP contribution is -2.27. The molecule has 9 heteroatoms. The average molecular weight is 415 g/mol. The molecule has 4 rings (SSSR count). The van der Waals surface area contributed by atoms with E-state index in [1.165, 1.54) is 0 Å². The number of nitrogens with zero attached hydrogens (tertiary/aromatic N) is 4. The summed E-state index contributed by atoms with van der Waals surface area (Å²) in [6, 6.07) is 12.7. The summed E-state index contributed by atoms with van der Waals surface area (Å²) < 4.78 is 7.36. The van der Waals surface area contributed by atoms with Gasteiger partial charge in [0.15, 0.2) is 5.82 Å². The van der Waals surface area contributed by atoms with Crippen LogP contribution < -0.4 is 15.4 Å². The lowest BCUT2D eigenvalue weighted by atomic mass is 9.98. The van der Waals surface area contributed by atoms with Crippen LogP contribution >= 0.6 is 12.4 Å². The van der Waals surface area contributed by atoms with E-state index in [9.17, 15) is 4.79 Å². The summed E-state index contributed by atoms with van der Waals surface area (Å²) in [5, 5.41) is 10.6. The van der Waals surface area contributed by atoms with Gasteiger partial charge in [0.05, 0.1) is 0 Å². The van der Waals surface area contributed by atoms with Crippen LogP contribution in [0, 0.1) is 0 Å². The third kappa shape index (κ3) is 5.10. The summed E-state index contributed by atoms with van der Waals surface area (Å²) >= 11 is 0. The first kappa shape index (κ1) is 20.8. The van der Waals surface area contributed by atoms with Crippen molar-refractivity contribution in [2.24, 2.45) is 7.05 Å². The Labute approximate surface area is 175 Å². The summed E-state index contributed by atoms with van der Waals surface area (Å²) in [5.74, 6) is 2.38. The van der Waals surface area contributed by atoms with Gasteiger partial charge in [-0.1, -0.05) is 18.2 Å². The number of amides is 1. The average Bonchev–Trinajstić information content (AvgIpc) is 3.10. The predicted molar refractivity (Wildman–Crippen MR) is 112 cm³/mol. The maximum atomic E-state index is 12.6. The van der Waals surface area contributed by atoms with E-state index in [1.54, 1.807) is 30.1 Å². The fourth-order valence-corrected chi connectivity index (χ4v) is 3.16. The molecule has 2 N–H and O–H groups in total. The molecule has 0 spiro atoms. The Bertz CT molecular complexity index is 957. The Hall–Kier alpha value is -2.97. The second-order valence-electron chi connectivity index (χ2n) is 6.69. The second kappa shape index (κ2) is 9.49. The van der Waals surface area contributed by atoms with Crippen molar-refractivity contribution in [2.45, 2.75) is 18.8 Å². The Balaban J connectivity index is 0.00000240. The zero-order valence-corrected chi connectivity index (χ0v) is 16.9. The van der Waals surface area contributed by atoms with E-state index in [-0.39, 0.29) is 24.0 Å². The molecule has 152 valence electrons. The van der Waals surface area contributed by atoms with Crippen molar-refractivity contribution >= 4 is 24.3 Å². The Morgan fingerprint density at radius 1 is 1.17 bits per heavy atom. The molecule has 29 heavy (non-hydrogen) atoms. The highest BCUT2D eigenvalue weighted by Crippen LogP contribution is 2.24. The van der Waals surface area contributed by atoms with Crippen LogP contribution in [0.5, 0.6) is 11.5 Å². The van der Waals surface area contributed by atoms with E-state index in [2.05, 4.69) is 25.7 Å². The Morgan fingerprint density at radius 3 is 2.69 bits per heavy atom. The molecule has 1 aliphatic heterocycles. The standard InChI is InChI=1S/C20H22N6O2.ClH/c1-26-20(23-18(25-26)14-7-10-21-11-8-14)24-19(27)17-13-16(9-12-22-17)28-15-5-3-2-4-6-15;/h2-6,9,12-14,21H,7-8,10-11H2,1H3,(H,23,24,25,27);1H. The topological polar surface area (TPSA) is 94.0 Å². The number of pyridine rings is 1. The molecule has 0 bridgehead atoms. The molecule has 8 nitrogen and oxygen atoms in total. The van der Waals surface area contributed by atoms with Crippen molar-refractivity contribution in [3.63, 3.8) is 0 Å². The van der Waals surface area contributed by atoms with Crippen molar-refractivity contribution in [1.82, 2.24) is 25.1 Å². The van der Waals surface area contributed by atoms with Gasteiger partial charge in [-0.05, 0) is 44.1 Å². The number of carbonyl (C=O) groups is 1. The van der Waals surface area contributed by atoms with Gasteiger partial charge in [-0.15, -0.1) is 12.4 Å². The molecule has 0 saturated carbocycles. The molecule has 0 unspecified atom stereocenters. The smallest absolute Gasteiger partial charge is 0.276 e. The molecule has 1 aliphatic rings. The monoisotopic (exact) mass is 414 g/mol. The van der Waals surface area contributed by atoms with Crippen molar-refractivity contribution in [1.29, 1.82) is 0 Å². The number of piperidine rings is 1. The fourth-order valence-electron chi connectivity index (χ4n) is 3.16. The van der Waals surface area contributed by atoms with Gasteiger partial charge in [0.25, 0.3) is 5.91 Å². The number of nitrogens with one attached hydrogen (secondary N) is 2. The van der Waals surface area contributed by atoms with Gasteiger partial charge in [0.2, 0.25) is 5.95 Å². The molecule has 1 fully saturated rings. The van der Waals surface area contributed by atoms with Crippen LogP contribution in [0.2, 0.25) is 0 Å². The summed E-state index contributed by atoms with van der Waals surface area (Å²) in [6.07, 6.45) is 3.54. The molecule has 3 aromatic rings. The highest BCUT2D eigenvalue weighted by Gasteiger charge is 2.21. The Morgan fingerprint density at radius 2 is 1.93 bits per heavy atom. The van der Waals surface area contributed by atoms with E-state index in [1.807, 2.05) is 30.3 Å². The van der Waals surface area contributed by atoms with Crippen LogP contribution in [0.3, 0.4) is 0 Å². The minimum absolute atomic E-state index is 0. The molecule has 0 aliphatic carbocycles. The first-order valence-electron chi connectivity index (χ1n) is 9.31. The SMILES string of the molecule is Cl.Cn1nc(C2CCNCC2)nc1NC(=O)c1cc(Oc2ccccc2)ccn1. The largest absolute Gasteiger partial charge is 0.457 e. The van der Waals surface area contributed by atoms with Gasteiger partial charge in [-0.2, -0.15) is 10.1 Å². The van der Waals surface area contributed by atoms with Gasteiger partial charge in [-0.25, -0.2) is 4.68 Å². The number of carbonyl (C=O) groups excluding carboxylic acids is 1. The third-order valence-corrected chi connectivity index (χ3v) is 4.65. The normalized spacial score (nSPS) is 14.1. The van der Waals surface area contributed by atoms with Gasteiger partial charge < -0.3 is 10.1 Å². The lowest BCUT2D eigenvalue weighted by Gasteiger charge is -2.19. The molecule has 3 heterocycles. The lowest BCUT2D eigenvalue weighted by molar-refractivity contribution is 0.102. The van der Waals surface area contributed by atoms with Crippen LogP contribution in [0.25, 0.3) is 0 Å². The van der Waals surface area contributed by atoms with Gasteiger partial charge in [0.1, 0.15) is 17.2 Å². The maximum Gasteiger partial charge on any atom is 0.276 e. The zero-order chi connectivity index (χ0) is 19.3. The van der Waals surface area contributed by atoms with E-state index >= 15 is 0 Å². The molecule has 0 atom stereocenters. The molecule has 0 radical (unpaired) electrons. The number of hydrogen-bond acceptors (Lipinski definition) is 6. The van der Waals surface area contributed by atoms with Crippen LogP contribution in [0.15, 0.2) is 48.7 Å². The summed E-state index contributed by atoms with van der Waals surface area (Å²) in [4.78, 5) is 21.3. The van der Waals surface area contributed by atoms with Crippen LogP contribution in [0.4, 0.5) is 5.95 Å². The Kier molecular flexibility index (Phi) is 6.79. The number of aryl methyl sites for hydroxylation is 1. The van der Waals surface area contributed by atoms with E-state index in [0.717, 1.165) is 31.8 Å². The van der Waals surface area contributed by atoms with Crippen molar-refractivity contribution < 1.29 is 9.53 Å². The van der Waals surface area contributed by atoms with Crippen molar-refractivity contribution in [3.8, 4) is 11.5 Å². The quantitative estimate of drug-likeness (QED) is 0.666. The maximum absolute atomic E-state index is 12.6.